The number of carbonyl (C=O) groups excluding carboxylic acids is 1. The van der Waals surface area contributed by atoms with Gasteiger partial charge in [0.15, 0.2) is 0 Å². The zero-order chi connectivity index (χ0) is 24.8. The van der Waals surface area contributed by atoms with Crippen molar-refractivity contribution >= 4 is 33.4 Å². The number of aryl methyl sites for hydroxylation is 1. The summed E-state index contributed by atoms with van der Waals surface area (Å²) < 4.78 is 32.5. The number of sulfonamides is 1. The molecule has 8 nitrogen and oxygen atoms in total. The molecule has 4 rings (SSSR count). The number of amides is 1. The van der Waals surface area contributed by atoms with E-state index in [1.807, 2.05) is 19.1 Å². The molecule has 0 bridgehead atoms. The van der Waals surface area contributed by atoms with Gasteiger partial charge in [-0.3, -0.25) is 4.79 Å². The molecule has 0 radical (unpaired) electrons. The first-order valence-corrected chi connectivity index (χ1v) is 12.9. The van der Waals surface area contributed by atoms with E-state index in [1.165, 1.54) is 24.5 Å². The number of nitrogens with zero attached hydrogens (tertiary/aromatic N) is 2. The Kier molecular flexibility index (Phi) is 7.70. The molecule has 0 aliphatic carbocycles. The third kappa shape index (κ3) is 6.60. The van der Waals surface area contributed by atoms with Crippen LogP contribution in [0.5, 0.6) is 0 Å². The molecule has 3 aromatic rings. The minimum Gasteiger partial charge on any atom is -0.468 e. The lowest BCUT2D eigenvalue weighted by molar-refractivity contribution is -0.111. The minimum atomic E-state index is -3.66. The molecule has 1 saturated heterocycles. The second kappa shape index (κ2) is 10.9. The molecule has 0 unspecified atom stereocenters. The Morgan fingerprint density at radius 1 is 1.06 bits per heavy atom. The summed E-state index contributed by atoms with van der Waals surface area (Å²) in [5.41, 5.74) is 3.64. The van der Waals surface area contributed by atoms with Crippen molar-refractivity contribution in [3.05, 3.63) is 83.8 Å². The monoisotopic (exact) mass is 494 g/mol. The molecule has 184 valence electrons. The molecule has 35 heavy (non-hydrogen) atoms. The summed E-state index contributed by atoms with van der Waals surface area (Å²) in [6, 6.07) is 15.8. The number of benzene rings is 2. The quantitative estimate of drug-likeness (QED) is 0.466. The zero-order valence-electron chi connectivity index (χ0n) is 19.9. The van der Waals surface area contributed by atoms with Gasteiger partial charge in [0.2, 0.25) is 15.9 Å². The lowest BCUT2D eigenvalue weighted by Gasteiger charge is -2.34. The van der Waals surface area contributed by atoms with Gasteiger partial charge in [0, 0.05) is 43.6 Å². The van der Waals surface area contributed by atoms with Gasteiger partial charge in [-0.1, -0.05) is 12.1 Å². The van der Waals surface area contributed by atoms with Crippen LogP contribution < -0.4 is 14.9 Å². The van der Waals surface area contributed by atoms with E-state index in [2.05, 4.69) is 33.0 Å². The molecular formula is C26H30N4O4S. The second-order valence-electron chi connectivity index (χ2n) is 8.59. The first-order valence-electron chi connectivity index (χ1n) is 11.5. The maximum atomic E-state index is 12.5. The SMILES string of the molecule is Cc1cc(N2CCN(C)CC2)ccc1NC(=O)/C=C/c1ccc(S(=O)(=O)NCc2ccco2)cc1. The molecule has 1 aliphatic heterocycles. The molecule has 2 aromatic carbocycles. The van der Waals surface area contributed by atoms with Gasteiger partial charge in [-0.2, -0.15) is 0 Å². The highest BCUT2D eigenvalue weighted by atomic mass is 32.2. The number of furan rings is 1. The summed E-state index contributed by atoms with van der Waals surface area (Å²) in [7, 11) is -1.53. The molecule has 2 heterocycles. The van der Waals surface area contributed by atoms with Gasteiger partial charge in [-0.05, 0) is 73.6 Å². The number of nitrogens with one attached hydrogen (secondary N) is 2. The Balaban J connectivity index is 1.33. The summed E-state index contributed by atoms with van der Waals surface area (Å²) in [6.45, 7) is 6.12. The van der Waals surface area contributed by atoms with Crippen molar-refractivity contribution in [2.45, 2.75) is 18.4 Å². The lowest BCUT2D eigenvalue weighted by atomic mass is 10.1. The fourth-order valence-electron chi connectivity index (χ4n) is 3.82. The van der Waals surface area contributed by atoms with E-state index < -0.39 is 10.0 Å². The molecule has 9 heteroatoms. The second-order valence-corrected chi connectivity index (χ2v) is 10.4. The smallest absolute Gasteiger partial charge is 0.248 e. The van der Waals surface area contributed by atoms with Crippen molar-refractivity contribution in [3.8, 4) is 0 Å². The Bertz CT molecular complexity index is 1280. The largest absolute Gasteiger partial charge is 0.468 e. The molecule has 1 aliphatic rings. The van der Waals surface area contributed by atoms with Crippen molar-refractivity contribution in [1.29, 1.82) is 0 Å². The summed E-state index contributed by atoms with van der Waals surface area (Å²) in [6.07, 6.45) is 4.58. The van der Waals surface area contributed by atoms with Crippen LogP contribution in [0.25, 0.3) is 6.08 Å². The highest BCUT2D eigenvalue weighted by Crippen LogP contribution is 2.24. The van der Waals surface area contributed by atoms with Gasteiger partial charge in [0.25, 0.3) is 0 Å². The molecule has 2 N–H and O–H groups in total. The average Bonchev–Trinajstić information content (AvgIpc) is 3.38. The first kappa shape index (κ1) is 24.7. The topological polar surface area (TPSA) is 94.9 Å². The van der Waals surface area contributed by atoms with Crippen molar-refractivity contribution in [3.63, 3.8) is 0 Å². The van der Waals surface area contributed by atoms with Gasteiger partial charge >= 0.3 is 0 Å². The van der Waals surface area contributed by atoms with E-state index in [0.29, 0.717) is 11.3 Å². The number of hydrogen-bond acceptors (Lipinski definition) is 6. The van der Waals surface area contributed by atoms with Crippen LogP contribution in [0, 0.1) is 6.92 Å². The van der Waals surface area contributed by atoms with Crippen LogP contribution in [-0.4, -0.2) is 52.5 Å². The number of piperazine rings is 1. The van der Waals surface area contributed by atoms with E-state index in [9.17, 15) is 13.2 Å². The third-order valence-electron chi connectivity index (χ3n) is 5.97. The highest BCUT2D eigenvalue weighted by molar-refractivity contribution is 7.89. The fourth-order valence-corrected chi connectivity index (χ4v) is 4.81. The van der Waals surface area contributed by atoms with Crippen LogP contribution in [0.2, 0.25) is 0 Å². The predicted octanol–water partition coefficient (Wildman–Crippen LogP) is 3.47. The van der Waals surface area contributed by atoms with Crippen molar-refractivity contribution in [2.75, 3.05) is 43.4 Å². The van der Waals surface area contributed by atoms with Gasteiger partial charge < -0.3 is 19.5 Å². The van der Waals surface area contributed by atoms with E-state index in [-0.39, 0.29) is 17.3 Å². The fraction of sp³-hybridized carbons (Fsp3) is 0.269. The van der Waals surface area contributed by atoms with Crippen LogP contribution in [0.15, 0.2) is 76.2 Å². The van der Waals surface area contributed by atoms with Crippen LogP contribution in [0.3, 0.4) is 0 Å². The van der Waals surface area contributed by atoms with Crippen LogP contribution in [-0.2, 0) is 21.4 Å². The van der Waals surface area contributed by atoms with Crippen LogP contribution in [0.4, 0.5) is 11.4 Å². The average molecular weight is 495 g/mol. The maximum absolute atomic E-state index is 12.5. The number of likely N-dealkylation sites (N-methyl/N-ethyl adjacent to an activating group) is 1. The molecule has 0 saturated carbocycles. The summed E-state index contributed by atoms with van der Waals surface area (Å²) >= 11 is 0. The number of carbonyl (C=O) groups is 1. The number of rotatable bonds is 8. The van der Waals surface area contributed by atoms with Gasteiger partial charge in [0.1, 0.15) is 5.76 Å². The van der Waals surface area contributed by atoms with Crippen molar-refractivity contribution < 1.29 is 17.6 Å². The van der Waals surface area contributed by atoms with E-state index in [4.69, 9.17) is 4.42 Å². The van der Waals surface area contributed by atoms with Gasteiger partial charge in [0.05, 0.1) is 17.7 Å². The minimum absolute atomic E-state index is 0.0763. The summed E-state index contributed by atoms with van der Waals surface area (Å²) in [5, 5.41) is 2.92. The van der Waals surface area contributed by atoms with Crippen LogP contribution >= 0.6 is 0 Å². The molecular weight excluding hydrogens is 464 g/mol. The molecule has 1 amide bonds. The van der Waals surface area contributed by atoms with Gasteiger partial charge in [-0.25, -0.2) is 13.1 Å². The normalized spacial score (nSPS) is 15.0. The molecule has 0 atom stereocenters. The van der Waals surface area contributed by atoms with E-state index in [1.54, 1.807) is 30.3 Å². The summed E-state index contributed by atoms with van der Waals surface area (Å²) in [5.74, 6) is 0.278. The number of anilines is 2. The summed E-state index contributed by atoms with van der Waals surface area (Å²) in [4.78, 5) is 17.3. The molecule has 1 aromatic heterocycles. The Labute approximate surface area is 206 Å². The maximum Gasteiger partial charge on any atom is 0.248 e. The van der Waals surface area contributed by atoms with Crippen LogP contribution in [0.1, 0.15) is 16.9 Å². The third-order valence-corrected chi connectivity index (χ3v) is 7.39. The molecule has 0 spiro atoms. The zero-order valence-corrected chi connectivity index (χ0v) is 20.7. The van der Waals surface area contributed by atoms with Crippen molar-refractivity contribution in [2.24, 2.45) is 0 Å². The highest BCUT2D eigenvalue weighted by Gasteiger charge is 2.16. The molecule has 1 fully saturated rings. The lowest BCUT2D eigenvalue weighted by Crippen LogP contribution is -2.44. The van der Waals surface area contributed by atoms with Gasteiger partial charge in [-0.15, -0.1) is 0 Å². The first-order chi connectivity index (χ1) is 16.8. The number of hydrogen-bond donors (Lipinski definition) is 2. The Morgan fingerprint density at radius 2 is 1.80 bits per heavy atom. The Morgan fingerprint density at radius 3 is 2.46 bits per heavy atom. The Hall–Kier alpha value is -3.40. The van der Waals surface area contributed by atoms with E-state index in [0.717, 1.165) is 43.1 Å². The predicted molar refractivity (Wildman–Crippen MR) is 138 cm³/mol. The van der Waals surface area contributed by atoms with Crippen molar-refractivity contribution in [1.82, 2.24) is 9.62 Å². The standard InChI is InChI=1S/C26H30N4O4S/c1-20-18-22(30-15-13-29(2)14-16-30)8-11-25(20)28-26(31)12-7-21-5-9-24(10-6-21)35(32,33)27-19-23-4-3-17-34-23/h3-12,17-18,27H,13-16,19H2,1-2H3,(H,28,31)/b12-7+. The van der Waals surface area contributed by atoms with E-state index >= 15 is 0 Å².